The summed E-state index contributed by atoms with van der Waals surface area (Å²) in [4.78, 5) is 24.4. The van der Waals surface area contributed by atoms with Crippen LogP contribution in [0.15, 0.2) is 60.2 Å². The third kappa shape index (κ3) is 4.60. The maximum absolute atomic E-state index is 13.2. The molecule has 3 heterocycles. The first-order valence-corrected chi connectivity index (χ1v) is 10.7. The first-order valence-electron chi connectivity index (χ1n) is 10.7. The van der Waals surface area contributed by atoms with Crippen molar-refractivity contribution in [3.05, 3.63) is 66.8 Å². The molecule has 1 aromatic carbocycles. The maximum Gasteiger partial charge on any atom is 0.180 e. The molecular formula is C24H27FN4O2. The van der Waals surface area contributed by atoms with E-state index >= 15 is 0 Å². The van der Waals surface area contributed by atoms with Crippen molar-refractivity contribution in [2.75, 3.05) is 6.61 Å². The molecule has 2 N–H and O–H groups in total. The molecule has 1 aromatic heterocycles. The lowest BCUT2D eigenvalue weighted by Gasteiger charge is -2.25. The predicted octanol–water partition coefficient (Wildman–Crippen LogP) is 4.63. The number of carbonyl (C=O) groups is 1. The van der Waals surface area contributed by atoms with Crippen molar-refractivity contribution < 1.29 is 13.9 Å². The van der Waals surface area contributed by atoms with Crippen LogP contribution in [-0.2, 0) is 15.1 Å². The number of ketones is 1. The summed E-state index contributed by atoms with van der Waals surface area (Å²) in [6, 6.07) is 6.30. The third-order valence-corrected chi connectivity index (χ3v) is 5.87. The zero-order valence-electron chi connectivity index (χ0n) is 17.7. The van der Waals surface area contributed by atoms with Crippen molar-refractivity contribution in [2.45, 2.75) is 44.6 Å². The Hall–Kier alpha value is -3.22. The number of aliphatic imine (C=N–C) groups is 1. The summed E-state index contributed by atoms with van der Waals surface area (Å²) >= 11 is 0. The van der Waals surface area contributed by atoms with E-state index in [0.29, 0.717) is 24.6 Å². The molecule has 7 heteroatoms. The van der Waals surface area contributed by atoms with Crippen LogP contribution in [0.25, 0.3) is 11.3 Å². The largest absolute Gasteiger partial charge is 0.477 e. The molecule has 0 spiro atoms. The summed E-state index contributed by atoms with van der Waals surface area (Å²) in [5, 5.41) is 3.34. The molecule has 0 saturated carbocycles. The quantitative estimate of drug-likeness (QED) is 0.578. The number of nitrogens with zero attached hydrogens (tertiary/aromatic N) is 2. The number of rotatable bonds is 9. The predicted molar refractivity (Wildman–Crippen MR) is 118 cm³/mol. The number of Topliss-reactive ketones (excluding diaryl/α,β-unsaturated/α-hetero) is 1. The number of halogens is 1. The molecule has 0 aliphatic carbocycles. The first-order chi connectivity index (χ1) is 15.0. The van der Waals surface area contributed by atoms with Crippen molar-refractivity contribution in [1.82, 2.24) is 15.3 Å². The molecular weight excluding hydrogens is 395 g/mol. The Balaban J connectivity index is 1.36. The van der Waals surface area contributed by atoms with Gasteiger partial charge in [-0.1, -0.05) is 25.8 Å². The van der Waals surface area contributed by atoms with Gasteiger partial charge in [-0.05, 0) is 49.2 Å². The third-order valence-electron chi connectivity index (χ3n) is 5.87. The van der Waals surface area contributed by atoms with E-state index in [1.165, 1.54) is 12.1 Å². The van der Waals surface area contributed by atoms with Gasteiger partial charge < -0.3 is 15.0 Å². The molecule has 162 valence electrons. The molecule has 1 saturated heterocycles. The summed E-state index contributed by atoms with van der Waals surface area (Å²) in [5.41, 5.74) is 1.86. The number of benzene rings is 1. The Bertz CT molecular complexity index is 1020. The number of carbonyl (C=O) groups excluding carboxylic acids is 1. The number of imidazole rings is 1. The van der Waals surface area contributed by atoms with Gasteiger partial charge in [-0.15, -0.1) is 0 Å². The molecule has 2 aliphatic rings. The van der Waals surface area contributed by atoms with Gasteiger partial charge in [0, 0.05) is 18.5 Å². The highest BCUT2D eigenvalue weighted by Crippen LogP contribution is 2.33. The molecule has 0 amide bonds. The summed E-state index contributed by atoms with van der Waals surface area (Å²) in [6.45, 7) is 6.31. The Labute approximate surface area is 181 Å². The van der Waals surface area contributed by atoms with Gasteiger partial charge in [0.2, 0.25) is 0 Å². The Morgan fingerprint density at radius 3 is 2.77 bits per heavy atom. The number of aromatic amines is 1. The number of allylic oxidation sites excluding steroid dienone is 1. The molecule has 4 rings (SSSR count). The molecule has 2 aromatic rings. The van der Waals surface area contributed by atoms with Crippen LogP contribution in [0.2, 0.25) is 0 Å². The van der Waals surface area contributed by atoms with Crippen LogP contribution in [0.5, 0.6) is 0 Å². The summed E-state index contributed by atoms with van der Waals surface area (Å²) < 4.78 is 18.9. The Morgan fingerprint density at radius 2 is 2.10 bits per heavy atom. The second-order valence-corrected chi connectivity index (χ2v) is 8.20. The summed E-state index contributed by atoms with van der Waals surface area (Å²) in [7, 11) is 0. The van der Waals surface area contributed by atoms with Gasteiger partial charge in [-0.25, -0.2) is 9.37 Å². The van der Waals surface area contributed by atoms with E-state index in [1.807, 2.05) is 13.0 Å². The van der Waals surface area contributed by atoms with Crippen molar-refractivity contribution in [2.24, 2.45) is 10.9 Å². The lowest BCUT2D eigenvalue weighted by atomic mass is 9.92. The number of H-pyrrole nitrogens is 1. The van der Waals surface area contributed by atoms with E-state index in [9.17, 15) is 9.18 Å². The van der Waals surface area contributed by atoms with Crippen LogP contribution >= 0.6 is 0 Å². The van der Waals surface area contributed by atoms with Gasteiger partial charge in [-0.2, -0.15) is 0 Å². The van der Waals surface area contributed by atoms with E-state index < -0.39 is 5.54 Å². The Morgan fingerprint density at radius 1 is 1.29 bits per heavy atom. The van der Waals surface area contributed by atoms with Gasteiger partial charge >= 0.3 is 0 Å². The van der Waals surface area contributed by atoms with Crippen LogP contribution < -0.4 is 5.32 Å². The molecule has 2 aliphatic heterocycles. The normalized spacial score (nSPS) is 22.3. The second kappa shape index (κ2) is 8.88. The highest BCUT2D eigenvalue weighted by Gasteiger charge is 2.41. The maximum atomic E-state index is 13.2. The topological polar surface area (TPSA) is 79.4 Å². The van der Waals surface area contributed by atoms with Gasteiger partial charge in [-0.3, -0.25) is 9.79 Å². The zero-order valence-corrected chi connectivity index (χ0v) is 17.7. The standard InChI is InChI=1S/C24H27FN4O2/c1-16-11-13-26-22(16)21(30)6-4-3-5-12-24(15-31-17(2)29-24)23-27-14-20(28-23)18-7-9-19(25)10-8-18/h7-11,13-14,16,29H,2-6,12,15H2,1H3,(H,27,28). The number of unbranched alkanes of at least 4 members (excludes halogenated alkanes) is 2. The summed E-state index contributed by atoms with van der Waals surface area (Å²) in [6.07, 6.45) is 9.36. The van der Waals surface area contributed by atoms with Crippen LogP contribution in [0.3, 0.4) is 0 Å². The number of nitrogens with one attached hydrogen (secondary N) is 2. The zero-order chi connectivity index (χ0) is 21.8. The minimum Gasteiger partial charge on any atom is -0.477 e. The van der Waals surface area contributed by atoms with Crippen LogP contribution in [0.4, 0.5) is 4.39 Å². The fraction of sp³-hybridized carbons (Fsp3) is 0.375. The highest BCUT2D eigenvalue weighted by molar-refractivity contribution is 6.41. The van der Waals surface area contributed by atoms with E-state index in [0.717, 1.165) is 42.8 Å². The lowest BCUT2D eigenvalue weighted by Crippen LogP contribution is -2.39. The van der Waals surface area contributed by atoms with Crippen molar-refractivity contribution in [3.8, 4) is 11.3 Å². The van der Waals surface area contributed by atoms with Crippen molar-refractivity contribution in [1.29, 1.82) is 0 Å². The molecule has 2 unspecified atom stereocenters. The average Bonchev–Trinajstić information content (AvgIpc) is 3.49. The molecule has 0 bridgehead atoms. The first kappa shape index (κ1) is 21.0. The number of aromatic nitrogens is 2. The van der Waals surface area contributed by atoms with Crippen LogP contribution in [-0.4, -0.2) is 28.1 Å². The fourth-order valence-electron chi connectivity index (χ4n) is 4.07. The molecule has 6 nitrogen and oxygen atoms in total. The minimum atomic E-state index is -0.493. The monoisotopic (exact) mass is 422 g/mol. The van der Waals surface area contributed by atoms with Crippen LogP contribution in [0.1, 0.15) is 44.9 Å². The molecule has 0 radical (unpaired) electrons. The summed E-state index contributed by atoms with van der Waals surface area (Å²) in [5.74, 6) is 1.28. The van der Waals surface area contributed by atoms with E-state index in [2.05, 4.69) is 26.9 Å². The smallest absolute Gasteiger partial charge is 0.180 e. The molecule has 2 atom stereocenters. The van der Waals surface area contributed by atoms with Gasteiger partial charge in [0.05, 0.1) is 17.6 Å². The number of hydrogen-bond acceptors (Lipinski definition) is 5. The second-order valence-electron chi connectivity index (χ2n) is 8.20. The minimum absolute atomic E-state index is 0.121. The van der Waals surface area contributed by atoms with Crippen molar-refractivity contribution >= 4 is 11.5 Å². The van der Waals surface area contributed by atoms with Gasteiger partial charge in [0.1, 0.15) is 23.8 Å². The van der Waals surface area contributed by atoms with E-state index in [1.54, 1.807) is 24.5 Å². The highest BCUT2D eigenvalue weighted by atomic mass is 19.1. The molecule has 31 heavy (non-hydrogen) atoms. The van der Waals surface area contributed by atoms with Gasteiger partial charge in [0.15, 0.2) is 11.7 Å². The Kier molecular flexibility index (Phi) is 6.02. The fourth-order valence-corrected chi connectivity index (χ4v) is 4.07. The van der Waals surface area contributed by atoms with E-state index in [-0.39, 0.29) is 17.5 Å². The van der Waals surface area contributed by atoms with E-state index in [4.69, 9.17) is 4.74 Å². The SMILES string of the molecule is C=C1NC(CCCCCC(=O)C2=NC=CC2C)(c2ncc(-c3ccc(F)cc3)[nH]2)CO1. The van der Waals surface area contributed by atoms with Gasteiger partial charge in [0.25, 0.3) is 0 Å². The number of ether oxygens (including phenoxy) is 1. The average molecular weight is 423 g/mol. The molecule has 1 fully saturated rings. The van der Waals surface area contributed by atoms with Crippen molar-refractivity contribution in [3.63, 3.8) is 0 Å². The number of hydrogen-bond donors (Lipinski definition) is 2. The van der Waals surface area contributed by atoms with Crippen LogP contribution in [0, 0.1) is 11.7 Å². The lowest BCUT2D eigenvalue weighted by molar-refractivity contribution is -0.113.